The van der Waals surface area contributed by atoms with Crippen LogP contribution in [-0.4, -0.2) is 39.0 Å². The molecule has 0 radical (unpaired) electrons. The van der Waals surface area contributed by atoms with Gasteiger partial charge in [0.1, 0.15) is 11.2 Å². The summed E-state index contributed by atoms with van der Waals surface area (Å²) >= 11 is 0. The summed E-state index contributed by atoms with van der Waals surface area (Å²) < 4.78 is 12.7. The Morgan fingerprint density at radius 1 is 1.09 bits per heavy atom. The molecule has 1 heterocycles. The van der Waals surface area contributed by atoms with Crippen LogP contribution in [-0.2, 0) is 15.9 Å². The van der Waals surface area contributed by atoms with Gasteiger partial charge in [0.15, 0.2) is 0 Å². The molecule has 7 heteroatoms. The third-order valence-corrected chi connectivity index (χ3v) is 5.08. The zero-order valence-electron chi connectivity index (χ0n) is 20.6. The molecule has 0 N–H and O–H groups in total. The highest BCUT2D eigenvalue weighted by Gasteiger charge is 2.36. The number of carbonyl (C=O) groups is 2. The minimum Gasteiger partial charge on any atom is -0.443 e. The monoisotopic (exact) mass is 445 g/mol. The Morgan fingerprint density at radius 3 is 2.28 bits per heavy atom. The average molecular weight is 446 g/mol. The number of aromatic nitrogens is 2. The first-order chi connectivity index (χ1) is 14.9. The number of hydrogen-bond donors (Lipinski definition) is 0. The number of aryl methyl sites for hydroxylation is 1. The van der Waals surface area contributed by atoms with Crippen molar-refractivity contribution in [1.29, 1.82) is 0 Å². The summed E-state index contributed by atoms with van der Waals surface area (Å²) in [6.45, 7) is 10.9. The topological polar surface area (TPSA) is 73.7 Å². The van der Waals surface area contributed by atoms with Crippen LogP contribution in [0.4, 0.5) is 15.5 Å². The second-order valence-corrected chi connectivity index (χ2v) is 10.4. The number of imidazole rings is 1. The molecule has 32 heavy (non-hydrogen) atoms. The molecule has 0 aromatic carbocycles. The van der Waals surface area contributed by atoms with Crippen LogP contribution >= 0.6 is 0 Å². The maximum atomic E-state index is 13.2. The quantitative estimate of drug-likeness (QED) is 0.375. The van der Waals surface area contributed by atoms with E-state index in [2.05, 4.69) is 5.92 Å². The minimum absolute atomic E-state index is 0.0584. The van der Waals surface area contributed by atoms with Gasteiger partial charge in [-0.2, -0.15) is 0 Å². The molecule has 7 nitrogen and oxygen atoms in total. The number of anilines is 1. The molecule has 2 rings (SSSR count). The summed E-state index contributed by atoms with van der Waals surface area (Å²) in [7, 11) is 0. The number of rotatable bonds is 7. The number of unbranched alkanes of at least 4 members (excludes halogenated alkanes) is 3. The van der Waals surface area contributed by atoms with E-state index in [1.165, 1.54) is 4.57 Å². The van der Waals surface area contributed by atoms with E-state index in [0.29, 0.717) is 6.42 Å². The lowest BCUT2D eigenvalue weighted by molar-refractivity contribution is 0.0527. The molecule has 1 aliphatic carbocycles. The first-order valence-corrected chi connectivity index (χ1v) is 11.7. The summed E-state index contributed by atoms with van der Waals surface area (Å²) in [6, 6.07) is -0.0584. The molecule has 0 aliphatic heterocycles. The van der Waals surface area contributed by atoms with E-state index in [1.54, 1.807) is 11.1 Å². The van der Waals surface area contributed by atoms with Crippen LogP contribution < -0.4 is 4.90 Å². The fourth-order valence-corrected chi connectivity index (χ4v) is 3.73. The third kappa shape index (κ3) is 7.89. The van der Waals surface area contributed by atoms with Crippen molar-refractivity contribution in [2.45, 2.75) is 117 Å². The summed E-state index contributed by atoms with van der Waals surface area (Å²) in [5, 5.41) is 0. The average Bonchev–Trinajstić information content (AvgIpc) is 3.29. The second kappa shape index (κ2) is 10.9. The van der Waals surface area contributed by atoms with Gasteiger partial charge in [0.2, 0.25) is 5.95 Å². The molecule has 0 spiro atoms. The second-order valence-electron chi connectivity index (χ2n) is 10.4. The van der Waals surface area contributed by atoms with Crippen LogP contribution in [0.5, 0.6) is 0 Å². The fraction of sp³-hybridized carbons (Fsp3) is 0.720. The molecule has 1 amide bonds. The molecule has 0 saturated heterocycles. The number of ether oxygens (including phenoxy) is 2. The van der Waals surface area contributed by atoms with E-state index < -0.39 is 23.4 Å². The Hall–Kier alpha value is -2.49. The van der Waals surface area contributed by atoms with Crippen LogP contribution in [0, 0.1) is 12.3 Å². The van der Waals surface area contributed by atoms with Gasteiger partial charge in [0.25, 0.3) is 0 Å². The number of hydrogen-bond acceptors (Lipinski definition) is 5. The molecule has 0 unspecified atom stereocenters. The Bertz CT molecular complexity index is 818. The van der Waals surface area contributed by atoms with Crippen LogP contribution in [0.3, 0.4) is 0 Å². The van der Waals surface area contributed by atoms with Gasteiger partial charge in [-0.1, -0.05) is 19.3 Å². The SMILES string of the molecule is C#CCCCCCc1cn(C(=O)OC(C)(C)C)c(N(C(=O)OC(C)(C)C)C2CCCC2)n1. The molecular formula is C25H39N3O4. The van der Waals surface area contributed by atoms with Crippen LogP contribution in [0.1, 0.15) is 98.6 Å². The van der Waals surface area contributed by atoms with Gasteiger partial charge in [-0.25, -0.2) is 24.0 Å². The lowest BCUT2D eigenvalue weighted by atomic mass is 10.1. The maximum Gasteiger partial charge on any atom is 0.421 e. The predicted molar refractivity (Wildman–Crippen MR) is 126 cm³/mol. The van der Waals surface area contributed by atoms with Crippen molar-refractivity contribution in [2.75, 3.05) is 4.90 Å². The largest absolute Gasteiger partial charge is 0.443 e. The molecule has 1 aromatic rings. The molecule has 0 bridgehead atoms. The highest BCUT2D eigenvalue weighted by Crippen LogP contribution is 2.30. The van der Waals surface area contributed by atoms with Gasteiger partial charge in [0, 0.05) is 18.7 Å². The third-order valence-electron chi connectivity index (χ3n) is 5.08. The minimum atomic E-state index is -0.669. The Morgan fingerprint density at radius 2 is 1.72 bits per heavy atom. The Balaban J connectivity index is 2.38. The van der Waals surface area contributed by atoms with Crippen molar-refractivity contribution in [1.82, 2.24) is 9.55 Å². The van der Waals surface area contributed by atoms with Gasteiger partial charge in [-0.3, -0.25) is 0 Å². The van der Waals surface area contributed by atoms with E-state index in [0.717, 1.165) is 57.1 Å². The number of terminal acetylenes is 1. The van der Waals surface area contributed by atoms with Crippen molar-refractivity contribution < 1.29 is 19.1 Å². The zero-order chi connectivity index (χ0) is 23.9. The summed E-state index contributed by atoms with van der Waals surface area (Å²) in [4.78, 5) is 32.5. The number of carbonyl (C=O) groups excluding carboxylic acids is 2. The fourth-order valence-electron chi connectivity index (χ4n) is 3.73. The zero-order valence-corrected chi connectivity index (χ0v) is 20.6. The van der Waals surface area contributed by atoms with Crippen LogP contribution in [0.15, 0.2) is 6.20 Å². The van der Waals surface area contributed by atoms with E-state index in [9.17, 15) is 9.59 Å². The van der Waals surface area contributed by atoms with Crippen molar-refractivity contribution in [3.63, 3.8) is 0 Å². The Kier molecular flexibility index (Phi) is 8.77. The van der Waals surface area contributed by atoms with Crippen molar-refractivity contribution in [3.05, 3.63) is 11.9 Å². The standard InChI is InChI=1S/C25H39N3O4/c1-8-9-10-11-12-15-19-18-27(22(29)31-24(2,3)4)21(26-19)28(20-16-13-14-17-20)23(30)32-25(5,6)7/h1,18,20H,9-17H2,2-7H3. The molecule has 1 saturated carbocycles. The molecule has 178 valence electrons. The highest BCUT2D eigenvalue weighted by atomic mass is 16.6. The van der Waals surface area contributed by atoms with Crippen LogP contribution in [0.2, 0.25) is 0 Å². The van der Waals surface area contributed by atoms with E-state index in [4.69, 9.17) is 20.9 Å². The maximum absolute atomic E-state index is 13.2. The van der Waals surface area contributed by atoms with E-state index in [-0.39, 0.29) is 12.0 Å². The number of nitrogens with zero attached hydrogens (tertiary/aromatic N) is 3. The smallest absolute Gasteiger partial charge is 0.421 e. The van der Waals surface area contributed by atoms with Gasteiger partial charge in [-0.15, -0.1) is 12.3 Å². The van der Waals surface area contributed by atoms with E-state index >= 15 is 0 Å². The lowest BCUT2D eigenvalue weighted by Crippen LogP contribution is -2.44. The van der Waals surface area contributed by atoms with Crippen LogP contribution in [0.25, 0.3) is 0 Å². The molecule has 0 atom stereocenters. The van der Waals surface area contributed by atoms with E-state index in [1.807, 2.05) is 41.5 Å². The summed E-state index contributed by atoms with van der Waals surface area (Å²) in [5.74, 6) is 2.93. The van der Waals surface area contributed by atoms with Gasteiger partial charge < -0.3 is 9.47 Å². The molecule has 1 aliphatic rings. The number of amides is 1. The van der Waals surface area contributed by atoms with Crippen molar-refractivity contribution >= 4 is 18.1 Å². The van der Waals surface area contributed by atoms with Crippen molar-refractivity contribution in [2.24, 2.45) is 0 Å². The van der Waals surface area contributed by atoms with Gasteiger partial charge in [-0.05, 0) is 73.6 Å². The normalized spacial score (nSPS) is 14.8. The molecule has 1 aromatic heterocycles. The highest BCUT2D eigenvalue weighted by molar-refractivity contribution is 5.89. The molecule has 1 fully saturated rings. The summed E-state index contributed by atoms with van der Waals surface area (Å²) in [6.07, 6.45) is 14.0. The van der Waals surface area contributed by atoms with Gasteiger partial charge >= 0.3 is 12.2 Å². The first kappa shape index (κ1) is 25.8. The molecular weight excluding hydrogens is 406 g/mol. The van der Waals surface area contributed by atoms with Gasteiger partial charge in [0.05, 0.1) is 5.69 Å². The lowest BCUT2D eigenvalue weighted by Gasteiger charge is -2.31. The summed E-state index contributed by atoms with van der Waals surface area (Å²) in [5.41, 5.74) is -0.576. The van der Waals surface area contributed by atoms with Crippen molar-refractivity contribution in [3.8, 4) is 12.3 Å². The predicted octanol–water partition coefficient (Wildman–Crippen LogP) is 6.09. The first-order valence-electron chi connectivity index (χ1n) is 11.7. The Labute approximate surface area is 192 Å².